The van der Waals surface area contributed by atoms with Crippen LogP contribution in [0.25, 0.3) is 11.4 Å². The second kappa shape index (κ2) is 4.61. The molecular weight excluding hydrogens is 218 g/mol. The van der Waals surface area contributed by atoms with Gasteiger partial charge >= 0.3 is 0 Å². The number of benzene rings is 1. The van der Waals surface area contributed by atoms with Crippen LogP contribution in [0.3, 0.4) is 0 Å². The number of carbonyl (C=O) groups excluding carboxylic acids is 1. The molecule has 0 aliphatic rings. The number of primary amides is 1. The minimum absolute atomic E-state index is 0.0846. The van der Waals surface area contributed by atoms with Crippen LogP contribution in [0.4, 0.5) is 0 Å². The van der Waals surface area contributed by atoms with E-state index in [1.807, 2.05) is 30.3 Å². The number of carbonyl (C=O) groups is 1. The van der Waals surface area contributed by atoms with Gasteiger partial charge in [-0.3, -0.25) is 4.79 Å². The van der Waals surface area contributed by atoms with E-state index in [4.69, 9.17) is 10.5 Å². The second-order valence-corrected chi connectivity index (χ2v) is 3.34. The largest absolute Gasteiger partial charge is 0.493 e. The van der Waals surface area contributed by atoms with Crippen LogP contribution in [0, 0.1) is 0 Å². The third kappa shape index (κ3) is 2.23. The van der Waals surface area contributed by atoms with E-state index in [1.54, 1.807) is 0 Å². The zero-order valence-electron chi connectivity index (χ0n) is 9.25. The second-order valence-electron chi connectivity index (χ2n) is 3.34. The molecule has 0 saturated carbocycles. The Kier molecular flexibility index (Phi) is 3.00. The van der Waals surface area contributed by atoms with Gasteiger partial charge in [0.2, 0.25) is 0 Å². The molecule has 5 nitrogen and oxygen atoms in total. The van der Waals surface area contributed by atoms with Crippen molar-refractivity contribution in [2.24, 2.45) is 5.73 Å². The van der Waals surface area contributed by atoms with Crippen molar-refractivity contribution in [1.82, 2.24) is 9.97 Å². The highest BCUT2D eigenvalue weighted by Gasteiger charge is 2.13. The van der Waals surface area contributed by atoms with Crippen LogP contribution in [0.5, 0.6) is 5.75 Å². The summed E-state index contributed by atoms with van der Waals surface area (Å²) in [7, 11) is 1.44. The fourth-order valence-corrected chi connectivity index (χ4v) is 1.42. The number of ether oxygens (including phenoxy) is 1. The van der Waals surface area contributed by atoms with Gasteiger partial charge < -0.3 is 10.5 Å². The van der Waals surface area contributed by atoms with Crippen LogP contribution in [0.15, 0.2) is 36.5 Å². The van der Waals surface area contributed by atoms with E-state index < -0.39 is 5.91 Å². The summed E-state index contributed by atoms with van der Waals surface area (Å²) >= 11 is 0. The number of nitrogens with zero attached hydrogens (tertiary/aromatic N) is 2. The van der Waals surface area contributed by atoms with Gasteiger partial charge in [-0.15, -0.1) is 0 Å². The van der Waals surface area contributed by atoms with Gasteiger partial charge in [0.25, 0.3) is 5.91 Å². The fourth-order valence-electron chi connectivity index (χ4n) is 1.42. The summed E-state index contributed by atoms with van der Waals surface area (Å²) in [5.41, 5.74) is 6.13. The molecule has 2 rings (SSSR count). The zero-order valence-corrected chi connectivity index (χ0v) is 9.25. The number of amides is 1. The Morgan fingerprint density at radius 2 is 2.00 bits per heavy atom. The predicted octanol–water partition coefficient (Wildman–Crippen LogP) is 1.25. The van der Waals surface area contributed by atoms with E-state index >= 15 is 0 Å². The van der Waals surface area contributed by atoms with Crippen LogP contribution >= 0.6 is 0 Å². The highest BCUT2D eigenvalue weighted by atomic mass is 16.5. The van der Waals surface area contributed by atoms with Gasteiger partial charge in [-0.1, -0.05) is 30.3 Å². The first-order chi connectivity index (χ1) is 8.22. The number of aromatic nitrogens is 2. The molecule has 0 aliphatic carbocycles. The first-order valence-electron chi connectivity index (χ1n) is 4.98. The predicted molar refractivity (Wildman–Crippen MR) is 62.5 cm³/mol. The zero-order chi connectivity index (χ0) is 12.3. The Balaban J connectivity index is 2.51. The summed E-state index contributed by atoms with van der Waals surface area (Å²) in [6, 6.07) is 9.33. The molecule has 1 amide bonds. The van der Waals surface area contributed by atoms with Gasteiger partial charge in [0.15, 0.2) is 17.3 Å². The normalized spacial score (nSPS) is 9.94. The summed E-state index contributed by atoms with van der Waals surface area (Å²) < 4.78 is 4.97. The standard InChI is InChI=1S/C12H11N3O2/c1-17-9-7-14-12(15-10(9)11(13)16)8-5-3-2-4-6-8/h2-7H,1H3,(H2,13,16). The molecule has 1 heterocycles. The summed E-state index contributed by atoms with van der Waals surface area (Å²) in [6.45, 7) is 0. The average molecular weight is 229 g/mol. The van der Waals surface area contributed by atoms with Crippen molar-refractivity contribution >= 4 is 5.91 Å². The van der Waals surface area contributed by atoms with Crippen LogP contribution < -0.4 is 10.5 Å². The lowest BCUT2D eigenvalue weighted by Gasteiger charge is -2.06. The van der Waals surface area contributed by atoms with E-state index in [9.17, 15) is 4.79 Å². The Bertz CT molecular complexity index is 541. The van der Waals surface area contributed by atoms with Crippen molar-refractivity contribution in [1.29, 1.82) is 0 Å². The molecule has 1 aromatic heterocycles. The van der Waals surface area contributed by atoms with Crippen LogP contribution in [-0.4, -0.2) is 23.0 Å². The van der Waals surface area contributed by atoms with Gasteiger partial charge in [0.1, 0.15) is 0 Å². The van der Waals surface area contributed by atoms with Crippen molar-refractivity contribution in [3.05, 3.63) is 42.2 Å². The maximum atomic E-state index is 11.2. The topological polar surface area (TPSA) is 78.1 Å². The summed E-state index contributed by atoms with van der Waals surface area (Å²) in [5.74, 6) is 0.0822. The molecule has 2 N–H and O–H groups in total. The van der Waals surface area contributed by atoms with Crippen molar-refractivity contribution in [2.45, 2.75) is 0 Å². The lowest BCUT2D eigenvalue weighted by atomic mass is 10.2. The van der Waals surface area contributed by atoms with E-state index in [-0.39, 0.29) is 11.4 Å². The van der Waals surface area contributed by atoms with Crippen molar-refractivity contribution < 1.29 is 9.53 Å². The molecule has 0 aliphatic heterocycles. The lowest BCUT2D eigenvalue weighted by molar-refractivity contribution is 0.0992. The van der Waals surface area contributed by atoms with Crippen LogP contribution in [0.2, 0.25) is 0 Å². The quantitative estimate of drug-likeness (QED) is 0.859. The van der Waals surface area contributed by atoms with E-state index in [0.29, 0.717) is 5.82 Å². The molecule has 2 aromatic rings. The van der Waals surface area contributed by atoms with Gasteiger partial charge in [0.05, 0.1) is 13.3 Å². The molecule has 5 heteroatoms. The van der Waals surface area contributed by atoms with E-state index in [0.717, 1.165) is 5.56 Å². The van der Waals surface area contributed by atoms with E-state index in [2.05, 4.69) is 9.97 Å². The minimum atomic E-state index is -0.638. The molecule has 0 atom stereocenters. The van der Waals surface area contributed by atoms with Crippen LogP contribution in [-0.2, 0) is 0 Å². The molecule has 1 aromatic carbocycles. The number of hydrogen-bond donors (Lipinski definition) is 1. The fraction of sp³-hybridized carbons (Fsp3) is 0.0833. The van der Waals surface area contributed by atoms with Gasteiger partial charge in [0, 0.05) is 5.56 Å². The molecular formula is C12H11N3O2. The molecule has 0 fully saturated rings. The highest BCUT2D eigenvalue weighted by molar-refractivity contribution is 5.93. The smallest absolute Gasteiger partial charge is 0.271 e. The Hall–Kier alpha value is -2.43. The minimum Gasteiger partial charge on any atom is -0.493 e. The van der Waals surface area contributed by atoms with Gasteiger partial charge in [-0.25, -0.2) is 9.97 Å². The Morgan fingerprint density at radius 3 is 2.59 bits per heavy atom. The maximum absolute atomic E-state index is 11.2. The lowest BCUT2D eigenvalue weighted by Crippen LogP contribution is -2.15. The number of nitrogens with two attached hydrogens (primary N) is 1. The van der Waals surface area contributed by atoms with Crippen molar-refractivity contribution in [3.63, 3.8) is 0 Å². The van der Waals surface area contributed by atoms with Crippen molar-refractivity contribution in [2.75, 3.05) is 7.11 Å². The van der Waals surface area contributed by atoms with Gasteiger partial charge in [-0.2, -0.15) is 0 Å². The monoisotopic (exact) mass is 229 g/mol. The number of methoxy groups -OCH3 is 1. The molecule has 17 heavy (non-hydrogen) atoms. The molecule has 0 saturated heterocycles. The highest BCUT2D eigenvalue weighted by Crippen LogP contribution is 2.19. The average Bonchev–Trinajstić information content (AvgIpc) is 2.39. The van der Waals surface area contributed by atoms with E-state index in [1.165, 1.54) is 13.3 Å². The maximum Gasteiger partial charge on any atom is 0.271 e. The molecule has 0 bridgehead atoms. The number of rotatable bonds is 3. The Morgan fingerprint density at radius 1 is 1.29 bits per heavy atom. The number of hydrogen-bond acceptors (Lipinski definition) is 4. The summed E-state index contributed by atoms with van der Waals surface area (Å²) in [4.78, 5) is 19.4. The van der Waals surface area contributed by atoms with Crippen LogP contribution in [0.1, 0.15) is 10.5 Å². The first kappa shape index (κ1) is 11.1. The molecule has 0 radical (unpaired) electrons. The summed E-state index contributed by atoms with van der Waals surface area (Å²) in [6.07, 6.45) is 1.44. The molecule has 0 unspecified atom stereocenters. The third-order valence-electron chi connectivity index (χ3n) is 2.24. The molecule has 0 spiro atoms. The molecule has 86 valence electrons. The first-order valence-corrected chi connectivity index (χ1v) is 4.98. The third-order valence-corrected chi connectivity index (χ3v) is 2.24. The SMILES string of the molecule is COc1cnc(-c2ccccc2)nc1C(N)=O. The van der Waals surface area contributed by atoms with Crippen molar-refractivity contribution in [3.8, 4) is 17.1 Å². The summed E-state index contributed by atoms with van der Waals surface area (Å²) in [5, 5.41) is 0. The Labute approximate surface area is 98.3 Å². The van der Waals surface area contributed by atoms with Gasteiger partial charge in [-0.05, 0) is 0 Å².